The number of hydrogen-bond acceptors (Lipinski definition) is 2. The molecule has 0 aliphatic rings. The lowest BCUT2D eigenvalue weighted by Crippen LogP contribution is -2.30. The Hall–Kier alpha value is -1.15. The molecular weight excluding hydrogens is 210 g/mol. The van der Waals surface area contributed by atoms with Crippen LogP contribution in [0.4, 0.5) is 0 Å². The van der Waals surface area contributed by atoms with Crippen molar-refractivity contribution in [2.75, 3.05) is 0 Å². The summed E-state index contributed by atoms with van der Waals surface area (Å²) in [5.74, 6) is 0.0406. The summed E-state index contributed by atoms with van der Waals surface area (Å²) >= 11 is 0. The van der Waals surface area contributed by atoms with Crippen molar-refractivity contribution in [3.8, 4) is 0 Å². The van der Waals surface area contributed by atoms with Crippen molar-refractivity contribution in [3.05, 3.63) is 35.9 Å². The lowest BCUT2D eigenvalue weighted by Gasteiger charge is -2.06. The minimum Gasteiger partial charge on any atom is -0.321 e. The quantitative estimate of drug-likeness (QED) is 0.871. The van der Waals surface area contributed by atoms with Crippen LogP contribution in [0.3, 0.4) is 0 Å². The Morgan fingerprint density at radius 3 is 2.00 bits per heavy atom. The van der Waals surface area contributed by atoms with E-state index in [0.717, 1.165) is 5.56 Å². The third-order valence-electron chi connectivity index (χ3n) is 1.82. The van der Waals surface area contributed by atoms with Gasteiger partial charge in [-0.3, -0.25) is 4.79 Å². The predicted molar refractivity (Wildman–Crippen MR) is 78.2 cm³/mol. The Bertz CT molecular complexity index is 275. The van der Waals surface area contributed by atoms with Crippen LogP contribution < -0.4 is 5.73 Å². The summed E-state index contributed by atoms with van der Waals surface area (Å²) in [6.07, 6.45) is 1.89. The molecule has 0 radical (unpaired) electrons. The van der Waals surface area contributed by atoms with Crippen LogP contribution in [0.2, 0.25) is 0 Å². The van der Waals surface area contributed by atoms with Gasteiger partial charge in [0.05, 0.1) is 6.04 Å². The fraction of sp³-hybridized carbons (Fsp3) is 0.533. The third-order valence-corrected chi connectivity index (χ3v) is 1.82. The Labute approximate surface area is 108 Å². The molecule has 17 heavy (non-hydrogen) atoms. The average molecular weight is 239 g/mol. The molecule has 1 atom stereocenters. The van der Waals surface area contributed by atoms with Gasteiger partial charge < -0.3 is 5.73 Å². The molecule has 0 unspecified atom stereocenters. The minimum absolute atomic E-state index is 0. The maximum absolute atomic E-state index is 10.8. The van der Waals surface area contributed by atoms with Gasteiger partial charge in [0.2, 0.25) is 0 Å². The van der Waals surface area contributed by atoms with Gasteiger partial charge in [0.1, 0.15) is 5.78 Å². The third kappa shape index (κ3) is 11.1. The van der Waals surface area contributed by atoms with E-state index in [1.54, 1.807) is 0 Å². The summed E-state index contributed by atoms with van der Waals surface area (Å²) in [6, 6.07) is 9.44. The van der Waals surface area contributed by atoms with Crippen molar-refractivity contribution < 1.29 is 6.22 Å². The molecule has 1 aromatic carbocycles. The van der Waals surface area contributed by atoms with Gasteiger partial charge in [0, 0.05) is 1.43 Å². The largest absolute Gasteiger partial charge is 0.321 e. The second-order valence-corrected chi connectivity index (χ2v) is 3.61. The van der Waals surface area contributed by atoms with Gasteiger partial charge in [0.15, 0.2) is 0 Å². The summed E-state index contributed by atoms with van der Waals surface area (Å²) in [7, 11) is 0. The van der Waals surface area contributed by atoms with Crippen LogP contribution in [-0.4, -0.2) is 11.8 Å². The van der Waals surface area contributed by atoms with E-state index in [9.17, 15) is 4.79 Å². The second kappa shape index (κ2) is 12.9. The molecule has 0 heterocycles. The molecular formula is C15H29NO. The molecule has 0 amide bonds. The van der Waals surface area contributed by atoms with Crippen LogP contribution in [-0.2, 0) is 11.2 Å². The van der Waals surface area contributed by atoms with E-state index in [1.165, 1.54) is 13.3 Å². The SMILES string of the molecule is CC.CC(=O)[C@@H](N)Cc1ccccc1.CCC.[HH]. The first kappa shape index (κ1) is 18.2. The van der Waals surface area contributed by atoms with E-state index in [0.29, 0.717) is 6.42 Å². The highest BCUT2D eigenvalue weighted by Gasteiger charge is 2.07. The highest BCUT2D eigenvalue weighted by Crippen LogP contribution is 2.01. The normalized spacial score (nSPS) is 10.2. The van der Waals surface area contributed by atoms with Crippen LogP contribution in [0.1, 0.15) is 48.0 Å². The summed E-state index contributed by atoms with van der Waals surface area (Å²) in [5.41, 5.74) is 6.71. The molecule has 0 aliphatic carbocycles. The molecule has 2 nitrogen and oxygen atoms in total. The molecule has 0 bridgehead atoms. The number of nitrogens with two attached hydrogens (primary N) is 1. The van der Waals surface area contributed by atoms with Crippen molar-refractivity contribution in [3.63, 3.8) is 0 Å². The van der Waals surface area contributed by atoms with Gasteiger partial charge in [-0.2, -0.15) is 0 Å². The highest BCUT2D eigenvalue weighted by atomic mass is 16.1. The van der Waals surface area contributed by atoms with E-state index in [4.69, 9.17) is 5.73 Å². The molecule has 0 saturated heterocycles. The number of Topliss-reactive ketones (excluding diaryl/α,β-unsaturated/α-hetero) is 1. The van der Waals surface area contributed by atoms with Crippen molar-refractivity contribution in [2.24, 2.45) is 5.73 Å². The molecule has 0 fully saturated rings. The first-order valence-corrected chi connectivity index (χ1v) is 6.41. The molecule has 1 rings (SSSR count). The maximum atomic E-state index is 10.8. The van der Waals surface area contributed by atoms with Gasteiger partial charge in [-0.15, -0.1) is 0 Å². The lowest BCUT2D eigenvalue weighted by molar-refractivity contribution is -0.118. The molecule has 100 valence electrons. The van der Waals surface area contributed by atoms with Crippen LogP contribution in [0, 0.1) is 0 Å². The molecule has 2 N–H and O–H groups in total. The van der Waals surface area contributed by atoms with E-state index < -0.39 is 0 Å². The molecule has 0 saturated carbocycles. The first-order valence-electron chi connectivity index (χ1n) is 6.41. The lowest BCUT2D eigenvalue weighted by atomic mass is 10.0. The zero-order chi connectivity index (χ0) is 13.7. The predicted octanol–water partition coefficient (Wildman–Crippen LogP) is 3.83. The van der Waals surface area contributed by atoms with Crippen molar-refractivity contribution in [1.82, 2.24) is 0 Å². The smallest absolute Gasteiger partial charge is 0.146 e. The van der Waals surface area contributed by atoms with Gasteiger partial charge in [-0.05, 0) is 18.9 Å². The number of benzene rings is 1. The standard InChI is InChI=1S/C10H13NO.C3H8.C2H6.H2/c1-8(12)10(11)7-9-5-3-2-4-6-9;1-3-2;1-2;/h2-6,10H,7,11H2,1H3;3H2,1-2H3;1-2H3;1H/t10-;;;/m0.../s1. The molecule has 0 spiro atoms. The number of carbonyl (C=O) groups is 1. The van der Waals surface area contributed by atoms with E-state index >= 15 is 0 Å². The van der Waals surface area contributed by atoms with Crippen LogP contribution in [0.25, 0.3) is 0 Å². The first-order chi connectivity index (χ1) is 8.11. The van der Waals surface area contributed by atoms with Gasteiger partial charge >= 0.3 is 0 Å². The van der Waals surface area contributed by atoms with E-state index in [1.807, 2.05) is 44.2 Å². The second-order valence-electron chi connectivity index (χ2n) is 3.61. The van der Waals surface area contributed by atoms with E-state index in [-0.39, 0.29) is 13.3 Å². The fourth-order valence-corrected chi connectivity index (χ4v) is 1.01. The fourth-order valence-electron chi connectivity index (χ4n) is 1.01. The van der Waals surface area contributed by atoms with Gasteiger partial charge in [0.25, 0.3) is 0 Å². The number of carbonyl (C=O) groups excluding carboxylic acids is 1. The zero-order valence-corrected chi connectivity index (χ0v) is 11.9. The monoisotopic (exact) mass is 239 g/mol. The van der Waals surface area contributed by atoms with Gasteiger partial charge in [-0.1, -0.05) is 64.4 Å². The van der Waals surface area contributed by atoms with Crippen molar-refractivity contribution >= 4 is 5.78 Å². The Balaban J connectivity index is -0.000000329. The average Bonchev–Trinajstić information content (AvgIpc) is 2.34. The summed E-state index contributed by atoms with van der Waals surface area (Å²) in [4.78, 5) is 10.8. The van der Waals surface area contributed by atoms with Crippen molar-refractivity contribution in [1.29, 1.82) is 0 Å². The molecule has 1 aromatic rings. The molecule has 2 heteroatoms. The Morgan fingerprint density at radius 2 is 1.65 bits per heavy atom. The summed E-state index contributed by atoms with van der Waals surface area (Å²) < 4.78 is 0. The minimum atomic E-state index is -0.354. The highest BCUT2D eigenvalue weighted by molar-refractivity contribution is 5.81. The summed E-state index contributed by atoms with van der Waals surface area (Å²) in [5, 5.41) is 0. The van der Waals surface area contributed by atoms with Crippen LogP contribution in [0.15, 0.2) is 30.3 Å². The van der Waals surface area contributed by atoms with Crippen LogP contribution >= 0.6 is 0 Å². The summed E-state index contributed by atoms with van der Waals surface area (Å²) in [6.45, 7) is 9.77. The van der Waals surface area contributed by atoms with Gasteiger partial charge in [-0.25, -0.2) is 0 Å². The van der Waals surface area contributed by atoms with Crippen LogP contribution in [0.5, 0.6) is 0 Å². The Morgan fingerprint density at radius 1 is 1.24 bits per heavy atom. The molecule has 0 aliphatic heterocycles. The Kier molecular flexibility index (Phi) is 13.8. The van der Waals surface area contributed by atoms with Crippen molar-refractivity contribution in [2.45, 2.75) is 53.5 Å². The topological polar surface area (TPSA) is 43.1 Å². The maximum Gasteiger partial charge on any atom is 0.146 e. The number of ketones is 1. The number of rotatable bonds is 3. The zero-order valence-electron chi connectivity index (χ0n) is 11.9. The van der Waals surface area contributed by atoms with E-state index in [2.05, 4.69) is 13.8 Å². The number of hydrogen-bond donors (Lipinski definition) is 1. The molecule has 0 aromatic heterocycles.